The second-order valence-corrected chi connectivity index (χ2v) is 6.19. The van der Waals surface area contributed by atoms with Gasteiger partial charge in [-0.1, -0.05) is 13.3 Å². The molecule has 2 rings (SSSR count). The lowest BCUT2D eigenvalue weighted by Gasteiger charge is -2.28. The molecule has 18 heavy (non-hydrogen) atoms. The van der Waals surface area contributed by atoms with Crippen LogP contribution < -0.4 is 10.6 Å². The van der Waals surface area contributed by atoms with E-state index in [1.54, 1.807) is 11.3 Å². The van der Waals surface area contributed by atoms with Gasteiger partial charge in [-0.3, -0.25) is 4.79 Å². The number of hydrogen-bond acceptors (Lipinski definition) is 4. The zero-order chi connectivity index (χ0) is 13.0. The van der Waals surface area contributed by atoms with Gasteiger partial charge in [-0.05, 0) is 32.2 Å². The van der Waals surface area contributed by atoms with Crippen LogP contribution in [-0.4, -0.2) is 23.5 Å². The van der Waals surface area contributed by atoms with Gasteiger partial charge in [-0.15, -0.1) is 11.3 Å². The third kappa shape index (κ3) is 3.53. The van der Waals surface area contributed by atoms with Crippen LogP contribution in [-0.2, 0) is 11.3 Å². The molecule has 0 aromatic carbocycles. The van der Waals surface area contributed by atoms with Gasteiger partial charge in [0.05, 0.1) is 17.6 Å². The molecule has 2 atom stereocenters. The summed E-state index contributed by atoms with van der Waals surface area (Å²) < 4.78 is 0. The lowest BCUT2D eigenvalue weighted by atomic mass is 9.90. The third-order valence-electron chi connectivity index (χ3n) is 3.51. The molecule has 2 N–H and O–H groups in total. The zero-order valence-corrected chi connectivity index (χ0v) is 11.8. The molecule has 1 aromatic rings. The van der Waals surface area contributed by atoms with Gasteiger partial charge in [0, 0.05) is 11.1 Å². The van der Waals surface area contributed by atoms with E-state index in [2.05, 4.69) is 22.5 Å². The molecule has 0 bridgehead atoms. The highest BCUT2D eigenvalue weighted by atomic mass is 32.1. The smallest absolute Gasteiger partial charge is 0.237 e. The van der Waals surface area contributed by atoms with E-state index >= 15 is 0 Å². The molecule has 1 aliphatic heterocycles. The van der Waals surface area contributed by atoms with Crippen LogP contribution in [0, 0.1) is 12.8 Å². The number of rotatable bonds is 4. The average Bonchev–Trinajstić information content (AvgIpc) is 2.82. The van der Waals surface area contributed by atoms with E-state index < -0.39 is 0 Å². The predicted octanol–water partition coefficient (Wildman–Crippen LogP) is 1.85. The zero-order valence-electron chi connectivity index (χ0n) is 11.0. The molecule has 2 heterocycles. The largest absolute Gasteiger partial charge is 0.350 e. The Hall–Kier alpha value is -0.940. The van der Waals surface area contributed by atoms with Gasteiger partial charge >= 0.3 is 0 Å². The van der Waals surface area contributed by atoms with Gasteiger partial charge in [0.1, 0.15) is 0 Å². The van der Waals surface area contributed by atoms with Crippen molar-refractivity contribution in [3.05, 3.63) is 16.1 Å². The Morgan fingerprint density at radius 1 is 1.67 bits per heavy atom. The number of aryl methyl sites for hydroxylation is 1. The SMILES string of the molecule is CCC1CCNC(C(=O)NCc2cnc(C)s2)C1. The van der Waals surface area contributed by atoms with Crippen molar-refractivity contribution in [3.63, 3.8) is 0 Å². The number of hydrogen-bond donors (Lipinski definition) is 2. The van der Waals surface area contributed by atoms with Gasteiger partial charge < -0.3 is 10.6 Å². The monoisotopic (exact) mass is 267 g/mol. The van der Waals surface area contributed by atoms with Gasteiger partial charge in [0.25, 0.3) is 0 Å². The van der Waals surface area contributed by atoms with Crippen molar-refractivity contribution >= 4 is 17.2 Å². The summed E-state index contributed by atoms with van der Waals surface area (Å²) in [5.41, 5.74) is 0. The Morgan fingerprint density at radius 3 is 3.17 bits per heavy atom. The van der Waals surface area contributed by atoms with Gasteiger partial charge in [0.15, 0.2) is 0 Å². The van der Waals surface area contributed by atoms with Crippen LogP contribution in [0.1, 0.15) is 36.1 Å². The van der Waals surface area contributed by atoms with E-state index in [1.807, 2.05) is 13.1 Å². The Morgan fingerprint density at radius 2 is 2.50 bits per heavy atom. The minimum Gasteiger partial charge on any atom is -0.350 e. The fourth-order valence-electron chi connectivity index (χ4n) is 2.35. The summed E-state index contributed by atoms with van der Waals surface area (Å²) in [4.78, 5) is 17.3. The summed E-state index contributed by atoms with van der Waals surface area (Å²) in [6.07, 6.45) is 5.15. The molecule has 1 aliphatic rings. The van der Waals surface area contributed by atoms with Crippen LogP contribution in [0.15, 0.2) is 6.20 Å². The number of thiazole rings is 1. The fraction of sp³-hybridized carbons (Fsp3) is 0.692. The Balaban J connectivity index is 1.80. The maximum Gasteiger partial charge on any atom is 0.237 e. The van der Waals surface area contributed by atoms with Crippen molar-refractivity contribution in [2.24, 2.45) is 5.92 Å². The molecule has 4 nitrogen and oxygen atoms in total. The fourth-order valence-corrected chi connectivity index (χ4v) is 3.09. The van der Waals surface area contributed by atoms with Gasteiger partial charge in [-0.25, -0.2) is 4.98 Å². The lowest BCUT2D eigenvalue weighted by Crippen LogP contribution is -2.48. The minimum atomic E-state index is -0.0160. The standard InChI is InChI=1S/C13H21N3OS/c1-3-10-4-5-14-12(6-10)13(17)16-8-11-7-15-9(2)18-11/h7,10,12,14H,3-6,8H2,1-2H3,(H,16,17). The van der Waals surface area contributed by atoms with Crippen LogP contribution in [0.3, 0.4) is 0 Å². The quantitative estimate of drug-likeness (QED) is 0.875. The van der Waals surface area contributed by atoms with E-state index in [1.165, 1.54) is 12.8 Å². The van der Waals surface area contributed by atoms with Crippen molar-refractivity contribution in [1.29, 1.82) is 0 Å². The molecule has 100 valence electrons. The number of piperidine rings is 1. The highest BCUT2D eigenvalue weighted by Crippen LogP contribution is 2.19. The first-order valence-corrected chi connectivity index (χ1v) is 7.43. The van der Waals surface area contributed by atoms with Crippen molar-refractivity contribution in [2.75, 3.05) is 6.54 Å². The number of carbonyl (C=O) groups is 1. The van der Waals surface area contributed by atoms with Crippen molar-refractivity contribution < 1.29 is 4.79 Å². The maximum absolute atomic E-state index is 12.1. The number of nitrogens with one attached hydrogen (secondary N) is 2. The second kappa shape index (κ2) is 6.29. The molecule has 0 radical (unpaired) electrons. The summed E-state index contributed by atoms with van der Waals surface area (Å²) in [5.74, 6) is 0.812. The summed E-state index contributed by atoms with van der Waals surface area (Å²) in [5, 5.41) is 7.34. The number of aromatic nitrogens is 1. The Kier molecular flexibility index (Phi) is 4.72. The molecule has 5 heteroatoms. The average molecular weight is 267 g/mol. The van der Waals surface area contributed by atoms with E-state index in [0.717, 1.165) is 22.9 Å². The topological polar surface area (TPSA) is 54.0 Å². The molecule has 0 aliphatic carbocycles. The normalized spacial score (nSPS) is 23.9. The maximum atomic E-state index is 12.1. The van der Waals surface area contributed by atoms with E-state index in [0.29, 0.717) is 12.5 Å². The van der Waals surface area contributed by atoms with Crippen molar-refractivity contribution in [3.8, 4) is 0 Å². The van der Waals surface area contributed by atoms with Crippen LogP contribution in [0.4, 0.5) is 0 Å². The molecular weight excluding hydrogens is 246 g/mol. The van der Waals surface area contributed by atoms with E-state index in [4.69, 9.17) is 0 Å². The molecule has 1 saturated heterocycles. The molecule has 1 fully saturated rings. The van der Waals surface area contributed by atoms with Crippen molar-refractivity contribution in [2.45, 2.75) is 45.7 Å². The summed E-state index contributed by atoms with van der Waals surface area (Å²) in [6.45, 7) is 5.73. The summed E-state index contributed by atoms with van der Waals surface area (Å²) >= 11 is 1.64. The first kappa shape index (κ1) is 13.5. The lowest BCUT2D eigenvalue weighted by molar-refractivity contribution is -0.124. The highest BCUT2D eigenvalue weighted by molar-refractivity contribution is 7.11. The molecule has 0 spiro atoms. The molecule has 0 saturated carbocycles. The van der Waals surface area contributed by atoms with Gasteiger partial charge in [-0.2, -0.15) is 0 Å². The van der Waals surface area contributed by atoms with Crippen LogP contribution in [0.5, 0.6) is 0 Å². The summed E-state index contributed by atoms with van der Waals surface area (Å²) in [6, 6.07) is -0.0160. The van der Waals surface area contributed by atoms with Gasteiger partial charge in [0.2, 0.25) is 5.91 Å². The number of amides is 1. The van der Waals surface area contributed by atoms with Crippen LogP contribution in [0.25, 0.3) is 0 Å². The first-order valence-electron chi connectivity index (χ1n) is 6.61. The second-order valence-electron chi connectivity index (χ2n) is 4.87. The first-order chi connectivity index (χ1) is 8.69. The Labute approximate surface area is 112 Å². The molecule has 1 aromatic heterocycles. The minimum absolute atomic E-state index is 0.0160. The van der Waals surface area contributed by atoms with Crippen LogP contribution >= 0.6 is 11.3 Å². The number of nitrogens with zero attached hydrogens (tertiary/aromatic N) is 1. The molecule has 1 amide bonds. The van der Waals surface area contributed by atoms with E-state index in [9.17, 15) is 4.79 Å². The number of carbonyl (C=O) groups excluding carboxylic acids is 1. The van der Waals surface area contributed by atoms with Crippen LogP contribution in [0.2, 0.25) is 0 Å². The molecular formula is C13H21N3OS. The third-order valence-corrected chi connectivity index (χ3v) is 4.42. The Bertz CT molecular complexity index is 405. The predicted molar refractivity (Wildman–Crippen MR) is 73.5 cm³/mol. The summed E-state index contributed by atoms with van der Waals surface area (Å²) in [7, 11) is 0. The van der Waals surface area contributed by atoms with E-state index in [-0.39, 0.29) is 11.9 Å². The molecule has 2 unspecified atom stereocenters. The van der Waals surface area contributed by atoms with Crippen molar-refractivity contribution in [1.82, 2.24) is 15.6 Å². The highest BCUT2D eigenvalue weighted by Gasteiger charge is 2.25.